The van der Waals surface area contributed by atoms with Crippen molar-refractivity contribution in [2.45, 2.75) is 25.5 Å². The van der Waals surface area contributed by atoms with Crippen LogP contribution in [0.25, 0.3) is 22.6 Å². The van der Waals surface area contributed by atoms with E-state index in [4.69, 9.17) is 19.4 Å². The molecule has 1 saturated heterocycles. The van der Waals surface area contributed by atoms with Crippen LogP contribution in [0.15, 0.2) is 47.4 Å². The summed E-state index contributed by atoms with van der Waals surface area (Å²) in [6, 6.07) is 11.1. The number of hydrogen-bond acceptors (Lipinski definition) is 8. The van der Waals surface area contributed by atoms with Crippen molar-refractivity contribution in [3.05, 3.63) is 58.5 Å². The normalized spacial score (nSPS) is 16.5. The van der Waals surface area contributed by atoms with Crippen molar-refractivity contribution in [3.8, 4) is 28.4 Å². The van der Waals surface area contributed by atoms with Gasteiger partial charge in [0.15, 0.2) is 5.82 Å². The monoisotopic (exact) mass is 451 g/mol. The molecule has 1 fully saturated rings. The molecule has 3 heterocycles. The maximum absolute atomic E-state index is 12.5. The van der Waals surface area contributed by atoms with E-state index in [9.17, 15) is 9.90 Å². The fraction of sp³-hybridized carbons (Fsp3) is 0.375. The number of hydrogen-bond donors (Lipinski definition) is 4. The van der Waals surface area contributed by atoms with Crippen molar-refractivity contribution in [2.75, 3.05) is 38.7 Å². The minimum atomic E-state index is -0.616. The first-order valence-electron chi connectivity index (χ1n) is 11.0. The van der Waals surface area contributed by atoms with Gasteiger partial charge in [-0.1, -0.05) is 12.1 Å². The number of benzene rings is 1. The smallest absolute Gasteiger partial charge is 0.257 e. The van der Waals surface area contributed by atoms with E-state index >= 15 is 0 Å². The number of likely N-dealkylation sites (N-methyl/N-ethyl adjacent to an activating group) is 1. The van der Waals surface area contributed by atoms with Gasteiger partial charge in [-0.2, -0.15) is 0 Å². The number of aliphatic hydroxyl groups is 1. The van der Waals surface area contributed by atoms with Crippen molar-refractivity contribution in [2.24, 2.45) is 0 Å². The lowest BCUT2D eigenvalue weighted by molar-refractivity contribution is 0.108. The molecule has 0 amide bonds. The molecule has 3 aromatic rings. The molecule has 2 atom stereocenters. The Hall–Kier alpha value is -3.27. The highest BCUT2D eigenvalue weighted by molar-refractivity contribution is 5.72. The van der Waals surface area contributed by atoms with Crippen molar-refractivity contribution >= 4 is 5.82 Å². The summed E-state index contributed by atoms with van der Waals surface area (Å²) in [7, 11) is 1.78. The summed E-state index contributed by atoms with van der Waals surface area (Å²) >= 11 is 0. The fourth-order valence-electron chi connectivity index (χ4n) is 3.71. The standard InChI is InChI=1S/C24H29N5O4/c1-15-21(20-7-4-9-26-24(20)31)28-23(29-22(15)27-17-8-10-32-13-17)16-5-3-6-19(11-16)33-14-18(30)12-25-2/h3-7,9,11,17-18,25,30H,8,10,12-14H2,1-2H3,(H,26,31)(H,27,28,29)/t17-,18?/m1/s1. The molecule has 33 heavy (non-hydrogen) atoms. The molecule has 1 aromatic carbocycles. The summed E-state index contributed by atoms with van der Waals surface area (Å²) in [5.74, 6) is 1.75. The molecule has 0 spiro atoms. The van der Waals surface area contributed by atoms with Crippen LogP contribution < -0.4 is 20.9 Å². The Morgan fingerprint density at radius 2 is 2.18 bits per heavy atom. The highest BCUT2D eigenvalue weighted by Gasteiger charge is 2.21. The number of aliphatic hydroxyl groups excluding tert-OH is 1. The van der Waals surface area contributed by atoms with Crippen LogP contribution in [0.5, 0.6) is 5.75 Å². The molecule has 1 unspecified atom stereocenters. The van der Waals surface area contributed by atoms with E-state index in [1.165, 1.54) is 0 Å². The zero-order valence-electron chi connectivity index (χ0n) is 18.8. The fourth-order valence-corrected chi connectivity index (χ4v) is 3.71. The van der Waals surface area contributed by atoms with Gasteiger partial charge in [0.1, 0.15) is 24.3 Å². The van der Waals surface area contributed by atoms with Gasteiger partial charge < -0.3 is 30.2 Å². The Bertz CT molecular complexity index is 1140. The summed E-state index contributed by atoms with van der Waals surface area (Å²) < 4.78 is 11.2. The van der Waals surface area contributed by atoms with E-state index < -0.39 is 6.10 Å². The highest BCUT2D eigenvalue weighted by atomic mass is 16.5. The number of nitrogens with one attached hydrogen (secondary N) is 3. The van der Waals surface area contributed by atoms with Gasteiger partial charge in [0.05, 0.1) is 23.9 Å². The maximum Gasteiger partial charge on any atom is 0.257 e. The average molecular weight is 452 g/mol. The minimum Gasteiger partial charge on any atom is -0.491 e. The predicted molar refractivity (Wildman–Crippen MR) is 127 cm³/mol. The summed E-state index contributed by atoms with van der Waals surface area (Å²) in [4.78, 5) is 24.8. The second-order valence-electron chi connectivity index (χ2n) is 8.04. The first-order chi connectivity index (χ1) is 16.0. The number of pyridine rings is 1. The molecule has 4 N–H and O–H groups in total. The van der Waals surface area contributed by atoms with E-state index in [1.54, 1.807) is 25.4 Å². The number of aromatic nitrogens is 3. The van der Waals surface area contributed by atoms with Crippen molar-refractivity contribution < 1.29 is 14.6 Å². The molecule has 1 aliphatic heterocycles. The number of anilines is 1. The Kier molecular flexibility index (Phi) is 7.33. The van der Waals surface area contributed by atoms with Gasteiger partial charge in [-0.15, -0.1) is 0 Å². The quantitative estimate of drug-likeness (QED) is 0.390. The van der Waals surface area contributed by atoms with Crippen molar-refractivity contribution in [1.82, 2.24) is 20.3 Å². The molecular formula is C24H29N5O4. The van der Waals surface area contributed by atoms with E-state index in [2.05, 4.69) is 15.6 Å². The number of H-pyrrole nitrogens is 1. The Morgan fingerprint density at radius 3 is 2.94 bits per heavy atom. The molecule has 0 radical (unpaired) electrons. The Labute approximate surface area is 192 Å². The number of rotatable bonds is 9. The Balaban J connectivity index is 1.71. The third-order valence-corrected chi connectivity index (χ3v) is 5.46. The molecule has 0 aliphatic carbocycles. The lowest BCUT2D eigenvalue weighted by atomic mass is 10.1. The van der Waals surface area contributed by atoms with Crippen LogP contribution in [0, 0.1) is 6.92 Å². The third kappa shape index (κ3) is 5.57. The lowest BCUT2D eigenvalue weighted by Gasteiger charge is -2.17. The van der Waals surface area contributed by atoms with Gasteiger partial charge in [0, 0.05) is 30.5 Å². The van der Waals surface area contributed by atoms with Crippen LogP contribution in [0.4, 0.5) is 5.82 Å². The van der Waals surface area contributed by atoms with Crippen LogP contribution in [-0.4, -0.2) is 65.6 Å². The molecule has 2 aromatic heterocycles. The summed E-state index contributed by atoms with van der Waals surface area (Å²) in [5, 5.41) is 16.3. The summed E-state index contributed by atoms with van der Waals surface area (Å²) in [6.45, 7) is 3.83. The maximum atomic E-state index is 12.5. The topological polar surface area (TPSA) is 121 Å². The highest BCUT2D eigenvalue weighted by Crippen LogP contribution is 2.30. The zero-order chi connectivity index (χ0) is 23.2. The van der Waals surface area contributed by atoms with E-state index in [0.29, 0.717) is 48.4 Å². The second kappa shape index (κ2) is 10.6. The van der Waals surface area contributed by atoms with Gasteiger partial charge >= 0.3 is 0 Å². The number of nitrogens with zero attached hydrogens (tertiary/aromatic N) is 2. The zero-order valence-corrected chi connectivity index (χ0v) is 18.8. The molecular weight excluding hydrogens is 422 g/mol. The molecule has 0 saturated carbocycles. The molecule has 9 nitrogen and oxygen atoms in total. The van der Waals surface area contributed by atoms with Gasteiger partial charge in [0.25, 0.3) is 5.56 Å². The van der Waals surface area contributed by atoms with E-state index in [1.807, 2.05) is 31.2 Å². The molecule has 1 aliphatic rings. The first-order valence-corrected chi connectivity index (χ1v) is 11.0. The second-order valence-corrected chi connectivity index (χ2v) is 8.04. The number of ether oxygens (including phenoxy) is 2. The van der Waals surface area contributed by atoms with Crippen LogP contribution in [-0.2, 0) is 4.74 Å². The van der Waals surface area contributed by atoms with E-state index in [0.717, 1.165) is 17.5 Å². The van der Waals surface area contributed by atoms with Gasteiger partial charge in [-0.25, -0.2) is 9.97 Å². The van der Waals surface area contributed by atoms with Crippen molar-refractivity contribution in [1.29, 1.82) is 0 Å². The molecule has 0 bridgehead atoms. The predicted octanol–water partition coefficient (Wildman–Crippen LogP) is 1.97. The molecule has 4 rings (SSSR count). The molecule has 9 heteroatoms. The SMILES string of the molecule is CNCC(O)COc1cccc(-c2nc(N[C@@H]3CCOC3)c(C)c(-c3ccc[nH]c3=O)n2)c1. The van der Waals surface area contributed by atoms with Gasteiger partial charge in [-0.3, -0.25) is 4.79 Å². The van der Waals surface area contributed by atoms with E-state index in [-0.39, 0.29) is 18.2 Å². The first kappa shape index (κ1) is 22.9. The van der Waals surface area contributed by atoms with Crippen LogP contribution >= 0.6 is 0 Å². The molecule has 174 valence electrons. The largest absolute Gasteiger partial charge is 0.491 e. The van der Waals surface area contributed by atoms with Crippen LogP contribution in [0.2, 0.25) is 0 Å². The van der Waals surface area contributed by atoms with Crippen LogP contribution in [0.1, 0.15) is 12.0 Å². The third-order valence-electron chi connectivity index (χ3n) is 5.46. The number of aromatic amines is 1. The van der Waals surface area contributed by atoms with Crippen molar-refractivity contribution in [3.63, 3.8) is 0 Å². The average Bonchev–Trinajstić information content (AvgIpc) is 3.33. The summed E-state index contributed by atoms with van der Waals surface area (Å²) in [6.07, 6.45) is 1.87. The van der Waals surface area contributed by atoms with Crippen LogP contribution in [0.3, 0.4) is 0 Å². The van der Waals surface area contributed by atoms with Gasteiger partial charge in [-0.05, 0) is 44.7 Å². The van der Waals surface area contributed by atoms with Gasteiger partial charge in [0.2, 0.25) is 0 Å². The summed E-state index contributed by atoms with van der Waals surface area (Å²) in [5.41, 5.74) is 2.38. The Morgan fingerprint density at radius 1 is 1.30 bits per heavy atom. The lowest BCUT2D eigenvalue weighted by Crippen LogP contribution is -2.29. The minimum absolute atomic E-state index is 0.150.